The molecule has 0 radical (unpaired) electrons. The van der Waals surface area contributed by atoms with Crippen LogP contribution in [0.5, 0.6) is 0 Å². The van der Waals surface area contributed by atoms with Gasteiger partial charge in [0.05, 0.1) is 6.54 Å². The van der Waals surface area contributed by atoms with Crippen LogP contribution in [0.2, 0.25) is 0 Å². The first-order valence-electron chi connectivity index (χ1n) is 4.18. The molecular formula is C8H16N2O2. The molecule has 0 aromatic rings. The molecule has 0 heterocycles. The van der Waals surface area contributed by atoms with Gasteiger partial charge in [0.25, 0.3) is 0 Å². The summed E-state index contributed by atoms with van der Waals surface area (Å²) < 4.78 is 0. The molecule has 0 atom stereocenters. The summed E-state index contributed by atoms with van der Waals surface area (Å²) in [6.07, 6.45) is 2.38. The Balaban J connectivity index is 3.37. The molecule has 0 saturated heterocycles. The average Bonchev–Trinajstić information content (AvgIpc) is 2.10. The Labute approximate surface area is 72.7 Å². The Hall–Kier alpha value is -1.06. The maximum Gasteiger partial charge on any atom is 0.239 e. The minimum Gasteiger partial charge on any atom is -0.358 e. The lowest BCUT2D eigenvalue weighted by molar-refractivity contribution is -0.125. The van der Waals surface area contributed by atoms with Gasteiger partial charge in [-0.15, -0.1) is 0 Å². The number of amides is 2. The van der Waals surface area contributed by atoms with Crippen molar-refractivity contribution in [3.05, 3.63) is 0 Å². The Morgan fingerprint density at radius 3 is 2.42 bits per heavy atom. The molecule has 70 valence electrons. The third kappa shape index (κ3) is 5.70. The normalized spacial score (nSPS) is 9.17. The highest BCUT2D eigenvalue weighted by Gasteiger charge is 2.01. The van der Waals surface area contributed by atoms with E-state index in [1.165, 1.54) is 0 Å². The highest BCUT2D eigenvalue weighted by Crippen LogP contribution is 1.92. The van der Waals surface area contributed by atoms with E-state index >= 15 is 0 Å². The molecule has 4 heteroatoms. The number of unbranched alkanes of at least 4 members (excludes halogenated alkanes) is 1. The number of carbonyl (C=O) groups is 2. The van der Waals surface area contributed by atoms with E-state index in [9.17, 15) is 9.59 Å². The second-order valence-corrected chi connectivity index (χ2v) is 2.55. The summed E-state index contributed by atoms with van der Waals surface area (Å²) >= 11 is 0. The second-order valence-electron chi connectivity index (χ2n) is 2.55. The van der Waals surface area contributed by atoms with Crippen LogP contribution in [0.25, 0.3) is 0 Å². The molecule has 0 aromatic carbocycles. The van der Waals surface area contributed by atoms with E-state index in [1.54, 1.807) is 7.05 Å². The molecule has 2 N–H and O–H groups in total. The van der Waals surface area contributed by atoms with E-state index in [0.717, 1.165) is 12.8 Å². The van der Waals surface area contributed by atoms with E-state index in [0.29, 0.717) is 6.42 Å². The average molecular weight is 172 g/mol. The molecule has 0 aromatic heterocycles. The summed E-state index contributed by atoms with van der Waals surface area (Å²) in [5.41, 5.74) is 0. The van der Waals surface area contributed by atoms with Crippen LogP contribution in [0.15, 0.2) is 0 Å². The van der Waals surface area contributed by atoms with Gasteiger partial charge >= 0.3 is 0 Å². The lowest BCUT2D eigenvalue weighted by Gasteiger charge is -2.02. The van der Waals surface area contributed by atoms with E-state index in [2.05, 4.69) is 10.6 Å². The molecule has 2 amide bonds. The Morgan fingerprint density at radius 2 is 1.92 bits per heavy atom. The quantitative estimate of drug-likeness (QED) is 0.615. The zero-order valence-electron chi connectivity index (χ0n) is 7.64. The fourth-order valence-corrected chi connectivity index (χ4v) is 0.693. The molecule has 0 aliphatic rings. The van der Waals surface area contributed by atoms with Crippen molar-refractivity contribution in [1.82, 2.24) is 10.6 Å². The molecule has 4 nitrogen and oxygen atoms in total. The van der Waals surface area contributed by atoms with Gasteiger partial charge in [-0.2, -0.15) is 0 Å². The van der Waals surface area contributed by atoms with Gasteiger partial charge in [-0.1, -0.05) is 13.3 Å². The Bertz CT molecular complexity index is 157. The number of carbonyl (C=O) groups excluding carboxylic acids is 2. The first kappa shape index (κ1) is 10.9. The molecule has 0 bridgehead atoms. The minimum atomic E-state index is -0.167. The first-order valence-corrected chi connectivity index (χ1v) is 4.18. The van der Waals surface area contributed by atoms with Gasteiger partial charge in [-0.3, -0.25) is 9.59 Å². The van der Waals surface area contributed by atoms with Gasteiger partial charge < -0.3 is 10.6 Å². The van der Waals surface area contributed by atoms with Crippen molar-refractivity contribution in [1.29, 1.82) is 0 Å². The predicted molar refractivity (Wildman–Crippen MR) is 46.6 cm³/mol. The molecule has 0 spiro atoms. The lowest BCUT2D eigenvalue weighted by Crippen LogP contribution is -2.34. The second kappa shape index (κ2) is 6.64. The summed E-state index contributed by atoms with van der Waals surface area (Å²) in [7, 11) is 1.54. The molecule has 0 unspecified atom stereocenters. The standard InChI is InChI=1S/C8H16N2O2/c1-3-4-5-7(11)10-6-8(12)9-2/h3-6H2,1-2H3,(H,9,12)(H,10,11). The summed E-state index contributed by atoms with van der Waals surface area (Å²) in [5.74, 6) is -0.222. The van der Waals surface area contributed by atoms with E-state index < -0.39 is 0 Å². The Morgan fingerprint density at radius 1 is 1.25 bits per heavy atom. The van der Waals surface area contributed by atoms with Crippen LogP contribution in [-0.2, 0) is 9.59 Å². The van der Waals surface area contributed by atoms with Gasteiger partial charge in [0.1, 0.15) is 0 Å². The van der Waals surface area contributed by atoms with E-state index in [1.807, 2.05) is 6.92 Å². The summed E-state index contributed by atoms with van der Waals surface area (Å²) in [6.45, 7) is 2.10. The van der Waals surface area contributed by atoms with Gasteiger partial charge in [0.15, 0.2) is 0 Å². The predicted octanol–water partition coefficient (Wildman–Crippen LogP) is 0.0388. The number of likely N-dealkylation sites (N-methyl/N-ethyl adjacent to an activating group) is 1. The van der Waals surface area contributed by atoms with Crippen molar-refractivity contribution in [2.45, 2.75) is 26.2 Å². The minimum absolute atomic E-state index is 0.0551. The fourth-order valence-electron chi connectivity index (χ4n) is 0.693. The van der Waals surface area contributed by atoms with Crippen molar-refractivity contribution in [2.24, 2.45) is 0 Å². The zero-order valence-corrected chi connectivity index (χ0v) is 7.64. The summed E-state index contributed by atoms with van der Waals surface area (Å²) in [4.78, 5) is 21.6. The van der Waals surface area contributed by atoms with Crippen molar-refractivity contribution < 1.29 is 9.59 Å². The third-order valence-electron chi connectivity index (χ3n) is 1.48. The summed E-state index contributed by atoms with van der Waals surface area (Å²) in [5, 5.41) is 4.94. The van der Waals surface area contributed by atoms with Crippen LogP contribution in [0.4, 0.5) is 0 Å². The van der Waals surface area contributed by atoms with Crippen molar-refractivity contribution in [3.63, 3.8) is 0 Å². The smallest absolute Gasteiger partial charge is 0.239 e. The largest absolute Gasteiger partial charge is 0.358 e. The van der Waals surface area contributed by atoms with E-state index in [4.69, 9.17) is 0 Å². The number of hydrogen-bond donors (Lipinski definition) is 2. The van der Waals surface area contributed by atoms with Gasteiger partial charge in [-0.25, -0.2) is 0 Å². The Kier molecular flexibility index (Phi) is 6.05. The fraction of sp³-hybridized carbons (Fsp3) is 0.750. The van der Waals surface area contributed by atoms with Crippen molar-refractivity contribution >= 4 is 11.8 Å². The van der Waals surface area contributed by atoms with Crippen LogP contribution in [-0.4, -0.2) is 25.4 Å². The van der Waals surface area contributed by atoms with Crippen LogP contribution in [0.1, 0.15) is 26.2 Å². The van der Waals surface area contributed by atoms with Crippen molar-refractivity contribution in [2.75, 3.05) is 13.6 Å². The van der Waals surface area contributed by atoms with Gasteiger partial charge in [0.2, 0.25) is 11.8 Å². The molecule has 0 aliphatic carbocycles. The van der Waals surface area contributed by atoms with Gasteiger partial charge in [0, 0.05) is 13.5 Å². The lowest BCUT2D eigenvalue weighted by atomic mass is 10.2. The van der Waals surface area contributed by atoms with Crippen molar-refractivity contribution in [3.8, 4) is 0 Å². The summed E-state index contributed by atoms with van der Waals surface area (Å²) in [6, 6.07) is 0. The van der Waals surface area contributed by atoms with Crippen LogP contribution in [0, 0.1) is 0 Å². The third-order valence-corrected chi connectivity index (χ3v) is 1.48. The molecular weight excluding hydrogens is 156 g/mol. The van der Waals surface area contributed by atoms with Crippen LogP contribution >= 0.6 is 0 Å². The molecule has 0 rings (SSSR count). The zero-order chi connectivity index (χ0) is 9.40. The first-order chi connectivity index (χ1) is 5.70. The SMILES string of the molecule is CCCCC(=O)NCC(=O)NC. The topological polar surface area (TPSA) is 58.2 Å². The number of hydrogen-bond acceptors (Lipinski definition) is 2. The molecule has 0 aliphatic heterocycles. The highest BCUT2D eigenvalue weighted by molar-refractivity contribution is 5.84. The van der Waals surface area contributed by atoms with Gasteiger partial charge in [-0.05, 0) is 6.42 Å². The molecule has 0 saturated carbocycles. The monoisotopic (exact) mass is 172 g/mol. The molecule has 12 heavy (non-hydrogen) atoms. The maximum atomic E-state index is 10.9. The molecule has 0 fully saturated rings. The highest BCUT2D eigenvalue weighted by atomic mass is 16.2. The number of rotatable bonds is 5. The maximum absolute atomic E-state index is 10.9. The number of nitrogens with one attached hydrogen (secondary N) is 2. The van der Waals surface area contributed by atoms with Crippen LogP contribution in [0.3, 0.4) is 0 Å². The van der Waals surface area contributed by atoms with Crippen LogP contribution < -0.4 is 10.6 Å². The van der Waals surface area contributed by atoms with E-state index in [-0.39, 0.29) is 18.4 Å².